The molecule has 0 aliphatic rings. The Morgan fingerprint density at radius 3 is 1.08 bits per heavy atom. The summed E-state index contributed by atoms with van der Waals surface area (Å²) in [6, 6.07) is 38.1. The van der Waals surface area contributed by atoms with Gasteiger partial charge in [0, 0.05) is 99.4 Å². The average Bonchev–Trinajstić information content (AvgIpc) is 3.87. The smallest absolute Gasteiger partial charge is 0.234 e. The number of halogens is 2. The molecule has 6 aromatic carbocycles. The molecule has 12 aromatic rings. The van der Waals surface area contributed by atoms with Gasteiger partial charge in [-0.3, -0.25) is 0 Å². The molecule has 310 valence electrons. The van der Waals surface area contributed by atoms with Crippen LogP contribution in [0.4, 0.5) is 14.5 Å². The van der Waals surface area contributed by atoms with Gasteiger partial charge in [0.1, 0.15) is 11.6 Å². The molecule has 0 aliphatic carbocycles. The molecule has 0 aliphatic heterocycles. The first-order chi connectivity index (χ1) is 32.5. The Morgan fingerprint density at radius 2 is 0.727 bits per heavy atom. The molecule has 11 nitrogen and oxygen atoms in total. The van der Waals surface area contributed by atoms with Crippen molar-refractivity contribution >= 4 is 49.3 Å². The van der Waals surface area contributed by atoms with Gasteiger partial charge < -0.3 is 9.13 Å². The third-order valence-corrected chi connectivity index (χ3v) is 11.7. The first kappa shape index (κ1) is 38.3. The van der Waals surface area contributed by atoms with Crippen LogP contribution in [0.1, 0.15) is 0 Å². The van der Waals surface area contributed by atoms with E-state index in [4.69, 9.17) is 0 Å². The van der Waals surface area contributed by atoms with Crippen molar-refractivity contribution in [2.45, 2.75) is 0 Å². The summed E-state index contributed by atoms with van der Waals surface area (Å²) in [5, 5.41) is 3.55. The van der Waals surface area contributed by atoms with Crippen LogP contribution in [0.5, 0.6) is 0 Å². The fourth-order valence-electron chi connectivity index (χ4n) is 8.91. The molecule has 6 aromatic heterocycles. The van der Waals surface area contributed by atoms with Crippen molar-refractivity contribution in [2.24, 2.45) is 0 Å². The maximum atomic E-state index is 15.4. The lowest BCUT2D eigenvalue weighted by atomic mass is 10.00. The van der Waals surface area contributed by atoms with Crippen LogP contribution in [0.2, 0.25) is 0 Å². The standard InChI is InChI=1S/C53H29F2N11/c1-56-48-43(65-44-26-31(50-57-16-2-17-58-50)6-10-39(44)40-11-7-32(27-45(40)65)51-59-18-3-19-60-51)15-14-38(35-24-36(54)30-37(55)25-35)49(48)66-46-28-33(52-61-20-4-21-62-52)8-12-41(46)42-13-9-34(29-47(42)66)53-63-22-5-23-64-53/h2-30H. The predicted molar refractivity (Wildman–Crippen MR) is 251 cm³/mol. The highest BCUT2D eigenvalue weighted by molar-refractivity contribution is 6.14. The summed E-state index contributed by atoms with van der Waals surface area (Å²) in [4.78, 5) is 40.8. The summed E-state index contributed by atoms with van der Waals surface area (Å²) in [5.41, 5.74) is 7.72. The lowest BCUT2D eigenvalue weighted by Gasteiger charge is -2.21. The lowest BCUT2D eigenvalue weighted by molar-refractivity contribution is 0.584. The van der Waals surface area contributed by atoms with Crippen molar-refractivity contribution in [3.63, 3.8) is 0 Å². The van der Waals surface area contributed by atoms with Gasteiger partial charge in [0.05, 0.1) is 40.0 Å². The minimum absolute atomic E-state index is 0.209. The topological polar surface area (TPSA) is 117 Å². The molecule has 6 heterocycles. The minimum Gasteiger partial charge on any atom is -0.319 e. The second-order valence-corrected chi connectivity index (χ2v) is 15.5. The Bertz CT molecular complexity index is 3690. The molecular weight excluding hydrogens is 829 g/mol. The van der Waals surface area contributed by atoms with Crippen molar-refractivity contribution in [2.75, 3.05) is 0 Å². The Morgan fingerprint density at radius 1 is 0.379 bits per heavy atom. The second kappa shape index (κ2) is 15.4. The Balaban J connectivity index is 1.24. The molecule has 0 saturated carbocycles. The van der Waals surface area contributed by atoms with E-state index < -0.39 is 11.6 Å². The summed E-state index contributed by atoms with van der Waals surface area (Å²) in [6.07, 6.45) is 13.5. The van der Waals surface area contributed by atoms with E-state index in [0.29, 0.717) is 51.3 Å². The van der Waals surface area contributed by atoms with E-state index in [9.17, 15) is 6.57 Å². The molecule has 13 heteroatoms. The van der Waals surface area contributed by atoms with Gasteiger partial charge in [-0.2, -0.15) is 0 Å². The zero-order chi connectivity index (χ0) is 44.3. The average molecular weight is 858 g/mol. The number of fused-ring (bicyclic) bond motifs is 6. The van der Waals surface area contributed by atoms with Crippen LogP contribution in [0.15, 0.2) is 177 Å². The Hall–Kier alpha value is -9.41. The van der Waals surface area contributed by atoms with Crippen molar-refractivity contribution in [3.05, 3.63) is 200 Å². The number of benzene rings is 6. The van der Waals surface area contributed by atoms with Crippen molar-refractivity contribution in [1.29, 1.82) is 0 Å². The van der Waals surface area contributed by atoms with Crippen LogP contribution < -0.4 is 0 Å². The first-order valence-corrected chi connectivity index (χ1v) is 20.8. The summed E-state index contributed by atoms with van der Waals surface area (Å²) >= 11 is 0. The maximum absolute atomic E-state index is 15.4. The van der Waals surface area contributed by atoms with E-state index in [1.165, 1.54) is 12.1 Å². The Kier molecular flexibility index (Phi) is 8.95. The molecule has 12 rings (SSSR count). The van der Waals surface area contributed by atoms with Crippen LogP contribution in [-0.2, 0) is 0 Å². The summed E-state index contributed by atoms with van der Waals surface area (Å²) < 4.78 is 34.9. The van der Waals surface area contributed by atoms with Gasteiger partial charge in [-0.25, -0.2) is 53.5 Å². The zero-order valence-electron chi connectivity index (χ0n) is 34.4. The van der Waals surface area contributed by atoms with Crippen LogP contribution in [-0.4, -0.2) is 49.0 Å². The van der Waals surface area contributed by atoms with E-state index in [0.717, 1.165) is 60.9 Å². The van der Waals surface area contributed by atoms with Crippen LogP contribution in [0.3, 0.4) is 0 Å². The molecule has 0 amide bonds. The predicted octanol–water partition coefficient (Wildman–Crippen LogP) is 12.2. The summed E-state index contributed by atoms with van der Waals surface area (Å²) in [6.45, 7) is 9.18. The molecule has 0 unspecified atom stereocenters. The number of nitrogens with zero attached hydrogens (tertiary/aromatic N) is 11. The number of rotatable bonds is 7. The van der Waals surface area contributed by atoms with E-state index >= 15 is 8.78 Å². The van der Waals surface area contributed by atoms with Crippen molar-refractivity contribution in [1.82, 2.24) is 49.0 Å². The molecule has 0 fully saturated rings. The van der Waals surface area contributed by atoms with E-state index in [1.807, 2.05) is 89.5 Å². The van der Waals surface area contributed by atoms with E-state index in [2.05, 4.69) is 49.3 Å². The highest BCUT2D eigenvalue weighted by Gasteiger charge is 2.26. The largest absolute Gasteiger partial charge is 0.319 e. The lowest BCUT2D eigenvalue weighted by Crippen LogP contribution is -2.03. The monoisotopic (exact) mass is 857 g/mol. The van der Waals surface area contributed by atoms with Gasteiger partial charge in [0.25, 0.3) is 0 Å². The molecule has 0 saturated heterocycles. The molecule has 0 radical (unpaired) electrons. The van der Waals surface area contributed by atoms with Crippen molar-refractivity contribution in [3.8, 4) is 68.1 Å². The van der Waals surface area contributed by atoms with E-state index in [-0.39, 0.29) is 11.3 Å². The maximum Gasteiger partial charge on any atom is 0.234 e. The third-order valence-electron chi connectivity index (χ3n) is 11.7. The molecule has 0 spiro atoms. The SMILES string of the molecule is [C-]#[N+]c1c(-n2c3cc(-c4ncccn4)ccc3c3ccc(-c4ncccn4)cc32)ccc(-c2cc(F)cc(F)c2)c1-n1c2cc(-c3ncccn3)ccc2c2ccc(-c3ncccn3)cc21. The quantitative estimate of drug-likeness (QED) is 0.145. The summed E-state index contributed by atoms with van der Waals surface area (Å²) in [5.74, 6) is 0.557. The number of aromatic nitrogens is 10. The highest BCUT2D eigenvalue weighted by atomic mass is 19.1. The number of hydrogen-bond donors (Lipinski definition) is 0. The normalized spacial score (nSPS) is 11.5. The molecular formula is C53H29F2N11. The molecule has 66 heavy (non-hydrogen) atoms. The van der Waals surface area contributed by atoms with Crippen LogP contribution in [0, 0.1) is 18.2 Å². The highest BCUT2D eigenvalue weighted by Crippen LogP contribution is 2.47. The minimum atomic E-state index is -0.757. The van der Waals surface area contributed by atoms with Crippen LogP contribution >= 0.6 is 0 Å². The fraction of sp³-hybridized carbons (Fsp3) is 0. The van der Waals surface area contributed by atoms with Crippen LogP contribution in [0.25, 0.3) is 117 Å². The van der Waals surface area contributed by atoms with Gasteiger partial charge in [-0.1, -0.05) is 54.6 Å². The fourth-order valence-corrected chi connectivity index (χ4v) is 8.91. The van der Waals surface area contributed by atoms with Crippen molar-refractivity contribution < 1.29 is 8.78 Å². The van der Waals surface area contributed by atoms with Gasteiger partial charge in [0.15, 0.2) is 23.3 Å². The van der Waals surface area contributed by atoms with E-state index in [1.54, 1.807) is 73.8 Å². The first-order valence-electron chi connectivity index (χ1n) is 20.8. The van der Waals surface area contributed by atoms with Gasteiger partial charge in [-0.15, -0.1) is 0 Å². The molecule has 0 atom stereocenters. The Labute approximate surface area is 373 Å². The zero-order valence-corrected chi connectivity index (χ0v) is 34.4. The molecule has 0 N–H and O–H groups in total. The molecule has 0 bridgehead atoms. The van der Waals surface area contributed by atoms with Gasteiger partial charge >= 0.3 is 0 Å². The van der Waals surface area contributed by atoms with Gasteiger partial charge in [-0.05, 0) is 77.9 Å². The second-order valence-electron chi connectivity index (χ2n) is 15.5. The third kappa shape index (κ3) is 6.31. The number of hydrogen-bond acceptors (Lipinski definition) is 8. The summed E-state index contributed by atoms with van der Waals surface area (Å²) in [7, 11) is 0. The van der Waals surface area contributed by atoms with Gasteiger partial charge in [0.2, 0.25) is 5.69 Å².